The first-order chi connectivity index (χ1) is 10.2. The molecule has 1 aliphatic heterocycles. The molecule has 1 aromatic heterocycles. The first kappa shape index (κ1) is 16.4. The molecule has 0 bridgehead atoms. The van der Waals surface area contributed by atoms with Gasteiger partial charge < -0.3 is 10.2 Å². The molecule has 0 aromatic carbocycles. The van der Waals surface area contributed by atoms with E-state index in [1.807, 2.05) is 0 Å². The average Bonchev–Trinajstić information content (AvgIpc) is 2.50. The van der Waals surface area contributed by atoms with E-state index >= 15 is 0 Å². The minimum atomic E-state index is -0.271. The summed E-state index contributed by atoms with van der Waals surface area (Å²) in [5.74, 6) is -0.271. The van der Waals surface area contributed by atoms with Crippen molar-refractivity contribution in [1.82, 2.24) is 15.2 Å². The highest BCUT2D eigenvalue weighted by Gasteiger charge is 2.17. The highest BCUT2D eigenvalue weighted by atomic mass is 19.1. The van der Waals surface area contributed by atoms with E-state index in [-0.39, 0.29) is 11.9 Å². The van der Waals surface area contributed by atoms with Crippen molar-refractivity contribution in [3.05, 3.63) is 29.8 Å². The van der Waals surface area contributed by atoms with Crippen LogP contribution in [0.2, 0.25) is 0 Å². The molecule has 0 radical (unpaired) electrons. The molecule has 1 saturated heterocycles. The summed E-state index contributed by atoms with van der Waals surface area (Å²) in [5.41, 5.74) is 0.935. The minimum absolute atomic E-state index is 0.226. The van der Waals surface area contributed by atoms with Crippen LogP contribution in [-0.2, 0) is 0 Å². The Balaban J connectivity index is 1.72. The van der Waals surface area contributed by atoms with Gasteiger partial charge in [0.25, 0.3) is 0 Å². The Bertz CT molecular complexity index is 407. The Morgan fingerprint density at radius 1 is 1.43 bits per heavy atom. The number of nitrogens with one attached hydrogen (secondary N) is 1. The molecule has 0 saturated carbocycles. The highest BCUT2D eigenvalue weighted by molar-refractivity contribution is 5.09. The lowest BCUT2D eigenvalue weighted by molar-refractivity contribution is 0.158. The van der Waals surface area contributed by atoms with Gasteiger partial charge in [-0.25, -0.2) is 4.39 Å². The standard InChI is InChI=1S/C17H28FN3/c1-3-16(17-9-8-15(18)13-20-17)19-10-6-12-21-11-5-4-7-14(21)2/h8-9,13-14,16,19H,3-7,10-12H2,1-2H3. The van der Waals surface area contributed by atoms with Crippen LogP contribution < -0.4 is 5.32 Å². The summed E-state index contributed by atoms with van der Waals surface area (Å²) in [6.45, 7) is 7.87. The molecule has 2 atom stereocenters. The molecule has 21 heavy (non-hydrogen) atoms. The zero-order valence-electron chi connectivity index (χ0n) is 13.3. The molecule has 1 aromatic rings. The molecule has 1 fully saturated rings. The molecule has 2 heterocycles. The van der Waals surface area contributed by atoms with E-state index in [0.717, 1.165) is 31.1 Å². The number of hydrogen-bond donors (Lipinski definition) is 1. The Morgan fingerprint density at radius 3 is 2.95 bits per heavy atom. The van der Waals surface area contributed by atoms with Gasteiger partial charge in [0.1, 0.15) is 5.82 Å². The zero-order valence-corrected chi connectivity index (χ0v) is 13.3. The van der Waals surface area contributed by atoms with E-state index in [4.69, 9.17) is 0 Å². The molecular weight excluding hydrogens is 265 g/mol. The van der Waals surface area contributed by atoms with Crippen molar-refractivity contribution in [3.8, 4) is 0 Å². The van der Waals surface area contributed by atoms with Gasteiger partial charge in [0.15, 0.2) is 0 Å². The second-order valence-corrected chi connectivity index (χ2v) is 6.05. The molecule has 3 nitrogen and oxygen atoms in total. The lowest BCUT2D eigenvalue weighted by Crippen LogP contribution is -2.39. The number of pyridine rings is 1. The maximum absolute atomic E-state index is 12.9. The summed E-state index contributed by atoms with van der Waals surface area (Å²) in [6.07, 6.45) is 7.49. The molecule has 118 valence electrons. The summed E-state index contributed by atoms with van der Waals surface area (Å²) in [6, 6.07) is 4.23. The maximum atomic E-state index is 12.9. The zero-order chi connectivity index (χ0) is 15.1. The Morgan fingerprint density at radius 2 is 2.29 bits per heavy atom. The van der Waals surface area contributed by atoms with E-state index in [1.54, 1.807) is 6.07 Å². The Labute approximate surface area is 127 Å². The van der Waals surface area contributed by atoms with Crippen LogP contribution in [0.4, 0.5) is 4.39 Å². The molecule has 2 unspecified atom stereocenters. The number of halogens is 1. The van der Waals surface area contributed by atoms with Crippen LogP contribution in [0.25, 0.3) is 0 Å². The van der Waals surface area contributed by atoms with E-state index in [0.29, 0.717) is 0 Å². The topological polar surface area (TPSA) is 28.2 Å². The van der Waals surface area contributed by atoms with Crippen molar-refractivity contribution in [2.24, 2.45) is 0 Å². The molecule has 0 aliphatic carbocycles. The third-order valence-electron chi connectivity index (χ3n) is 4.47. The average molecular weight is 293 g/mol. The first-order valence-electron chi connectivity index (χ1n) is 8.29. The fraction of sp³-hybridized carbons (Fsp3) is 0.706. The van der Waals surface area contributed by atoms with E-state index in [9.17, 15) is 4.39 Å². The van der Waals surface area contributed by atoms with Gasteiger partial charge in [-0.15, -0.1) is 0 Å². The van der Waals surface area contributed by atoms with E-state index in [2.05, 4.69) is 29.0 Å². The number of rotatable bonds is 7. The molecule has 4 heteroatoms. The van der Waals surface area contributed by atoms with Crippen LogP contribution in [0.5, 0.6) is 0 Å². The van der Waals surface area contributed by atoms with Crippen LogP contribution >= 0.6 is 0 Å². The Kier molecular flexibility index (Phi) is 6.58. The number of likely N-dealkylation sites (tertiary alicyclic amines) is 1. The minimum Gasteiger partial charge on any atom is -0.309 e. The maximum Gasteiger partial charge on any atom is 0.141 e. The van der Waals surface area contributed by atoms with E-state index in [1.165, 1.54) is 44.6 Å². The number of nitrogens with zero attached hydrogens (tertiary/aromatic N) is 2. The van der Waals surface area contributed by atoms with Gasteiger partial charge in [0.2, 0.25) is 0 Å². The van der Waals surface area contributed by atoms with Crippen molar-refractivity contribution >= 4 is 0 Å². The molecule has 1 aliphatic rings. The van der Waals surface area contributed by atoms with E-state index < -0.39 is 0 Å². The highest BCUT2D eigenvalue weighted by Crippen LogP contribution is 2.17. The summed E-state index contributed by atoms with van der Waals surface area (Å²) >= 11 is 0. The van der Waals surface area contributed by atoms with Crippen LogP contribution in [0.3, 0.4) is 0 Å². The summed E-state index contributed by atoms with van der Waals surface area (Å²) in [7, 11) is 0. The van der Waals surface area contributed by atoms with Gasteiger partial charge in [0, 0.05) is 12.1 Å². The predicted octanol–water partition coefficient (Wildman–Crippen LogP) is 3.53. The van der Waals surface area contributed by atoms with Crippen LogP contribution in [0.15, 0.2) is 18.3 Å². The smallest absolute Gasteiger partial charge is 0.141 e. The second kappa shape index (κ2) is 8.44. The predicted molar refractivity (Wildman–Crippen MR) is 84.7 cm³/mol. The van der Waals surface area contributed by atoms with Gasteiger partial charge >= 0.3 is 0 Å². The van der Waals surface area contributed by atoms with Crippen molar-refractivity contribution in [2.45, 2.75) is 58.0 Å². The molecule has 0 amide bonds. The molecule has 0 spiro atoms. The van der Waals surface area contributed by atoms with Crippen molar-refractivity contribution < 1.29 is 4.39 Å². The Hall–Kier alpha value is -1.00. The van der Waals surface area contributed by atoms with Crippen LogP contribution in [0.1, 0.15) is 57.7 Å². The number of hydrogen-bond acceptors (Lipinski definition) is 3. The third kappa shape index (κ3) is 5.04. The summed E-state index contributed by atoms with van der Waals surface area (Å²) < 4.78 is 12.9. The van der Waals surface area contributed by atoms with Gasteiger partial charge in [-0.1, -0.05) is 13.3 Å². The summed E-state index contributed by atoms with van der Waals surface area (Å²) in [4.78, 5) is 6.78. The van der Waals surface area contributed by atoms with Gasteiger partial charge in [0.05, 0.1) is 11.9 Å². The van der Waals surface area contributed by atoms with Gasteiger partial charge in [-0.05, 0) is 64.4 Å². The lowest BCUT2D eigenvalue weighted by atomic mass is 10.0. The lowest BCUT2D eigenvalue weighted by Gasteiger charge is -2.33. The SMILES string of the molecule is CCC(NCCCN1CCCCC1C)c1ccc(F)cn1. The molecule has 2 rings (SSSR count). The second-order valence-electron chi connectivity index (χ2n) is 6.05. The fourth-order valence-corrected chi connectivity index (χ4v) is 3.10. The first-order valence-corrected chi connectivity index (χ1v) is 8.29. The van der Waals surface area contributed by atoms with Gasteiger partial charge in [-0.3, -0.25) is 4.98 Å². The molecule has 1 N–H and O–H groups in total. The molecular formula is C17H28FN3. The monoisotopic (exact) mass is 293 g/mol. The van der Waals surface area contributed by atoms with Crippen LogP contribution in [-0.4, -0.2) is 35.6 Å². The van der Waals surface area contributed by atoms with Crippen molar-refractivity contribution in [1.29, 1.82) is 0 Å². The summed E-state index contributed by atoms with van der Waals surface area (Å²) in [5, 5.41) is 3.55. The third-order valence-corrected chi connectivity index (χ3v) is 4.47. The fourth-order valence-electron chi connectivity index (χ4n) is 3.10. The van der Waals surface area contributed by atoms with Crippen LogP contribution in [0, 0.1) is 5.82 Å². The van der Waals surface area contributed by atoms with Crippen molar-refractivity contribution in [2.75, 3.05) is 19.6 Å². The largest absolute Gasteiger partial charge is 0.309 e. The van der Waals surface area contributed by atoms with Gasteiger partial charge in [-0.2, -0.15) is 0 Å². The normalized spacial score (nSPS) is 21.4. The quantitative estimate of drug-likeness (QED) is 0.780. The number of aromatic nitrogens is 1. The number of piperidine rings is 1. The van der Waals surface area contributed by atoms with Crippen molar-refractivity contribution in [3.63, 3.8) is 0 Å².